The van der Waals surface area contributed by atoms with Crippen LogP contribution in [0.15, 0.2) is 59.7 Å². The Balaban J connectivity index is 1.38. The summed E-state index contributed by atoms with van der Waals surface area (Å²) in [5, 5.41) is 5.07. The number of rotatable bonds is 5. The molecule has 2 aromatic heterocycles. The van der Waals surface area contributed by atoms with Crippen LogP contribution in [0.1, 0.15) is 28.0 Å². The van der Waals surface area contributed by atoms with Gasteiger partial charge in [0.15, 0.2) is 0 Å². The molecule has 0 radical (unpaired) electrons. The van der Waals surface area contributed by atoms with Crippen molar-refractivity contribution >= 4 is 33.2 Å². The van der Waals surface area contributed by atoms with Gasteiger partial charge in [0.1, 0.15) is 10.6 Å². The van der Waals surface area contributed by atoms with Crippen molar-refractivity contribution in [1.29, 1.82) is 0 Å². The fourth-order valence-electron chi connectivity index (χ4n) is 4.19. The van der Waals surface area contributed by atoms with Crippen molar-refractivity contribution < 1.29 is 4.39 Å². The van der Waals surface area contributed by atoms with E-state index in [4.69, 9.17) is 11.6 Å². The molecule has 1 N–H and O–H groups in total. The molecule has 158 valence electrons. The smallest absolute Gasteiger partial charge is 0.262 e. The summed E-state index contributed by atoms with van der Waals surface area (Å²) in [4.78, 5) is 19.7. The number of hydrogen-bond acceptors (Lipinski definition) is 4. The zero-order valence-electron chi connectivity index (χ0n) is 16.8. The molecule has 0 fully saturated rings. The molecule has 4 aromatic rings. The van der Waals surface area contributed by atoms with Crippen LogP contribution in [-0.4, -0.2) is 15.6 Å². The van der Waals surface area contributed by atoms with Gasteiger partial charge in [0.05, 0.1) is 18.3 Å². The Morgan fingerprint density at radius 2 is 1.94 bits per heavy atom. The average molecular weight is 454 g/mol. The highest BCUT2D eigenvalue weighted by molar-refractivity contribution is 7.18. The van der Waals surface area contributed by atoms with Gasteiger partial charge in [0.2, 0.25) is 0 Å². The number of nitrogens with zero attached hydrogens (tertiary/aromatic N) is 2. The summed E-state index contributed by atoms with van der Waals surface area (Å²) in [7, 11) is 0. The Bertz CT molecular complexity index is 1320. The minimum atomic E-state index is -0.311. The van der Waals surface area contributed by atoms with Gasteiger partial charge >= 0.3 is 0 Å². The number of fused-ring (bicyclic) bond motifs is 3. The Morgan fingerprint density at radius 1 is 1.16 bits per heavy atom. The Labute approximate surface area is 188 Å². The van der Waals surface area contributed by atoms with Crippen molar-refractivity contribution in [3.8, 4) is 0 Å². The van der Waals surface area contributed by atoms with E-state index < -0.39 is 0 Å². The maximum absolute atomic E-state index is 14.0. The van der Waals surface area contributed by atoms with Crippen LogP contribution in [0.3, 0.4) is 0 Å². The summed E-state index contributed by atoms with van der Waals surface area (Å²) in [6.45, 7) is 0.902. The summed E-state index contributed by atoms with van der Waals surface area (Å²) in [5.74, 6) is -0.311. The van der Waals surface area contributed by atoms with Crippen LogP contribution in [0.5, 0.6) is 0 Å². The fraction of sp³-hybridized carbons (Fsp3) is 0.250. The van der Waals surface area contributed by atoms with Crippen LogP contribution in [0.2, 0.25) is 5.02 Å². The summed E-state index contributed by atoms with van der Waals surface area (Å²) in [6.07, 6.45) is 4.18. The van der Waals surface area contributed by atoms with E-state index in [0.717, 1.165) is 46.8 Å². The molecule has 2 aromatic carbocycles. The van der Waals surface area contributed by atoms with E-state index in [-0.39, 0.29) is 17.9 Å². The first kappa shape index (κ1) is 20.4. The quantitative estimate of drug-likeness (QED) is 0.465. The number of halogens is 2. The summed E-state index contributed by atoms with van der Waals surface area (Å²) in [5.41, 5.74) is 2.59. The van der Waals surface area contributed by atoms with Crippen molar-refractivity contribution in [3.05, 3.63) is 97.6 Å². The first-order valence-electron chi connectivity index (χ1n) is 10.3. The molecule has 0 aliphatic heterocycles. The predicted molar refractivity (Wildman–Crippen MR) is 123 cm³/mol. The summed E-state index contributed by atoms with van der Waals surface area (Å²) < 4.78 is 15.6. The normalized spacial score (nSPS) is 15.9. The van der Waals surface area contributed by atoms with Gasteiger partial charge < -0.3 is 5.32 Å². The number of nitrogens with one attached hydrogen (secondary N) is 1. The second-order valence-corrected chi connectivity index (χ2v) is 9.36. The Kier molecular flexibility index (Phi) is 5.61. The van der Waals surface area contributed by atoms with E-state index in [1.165, 1.54) is 21.8 Å². The molecule has 5 rings (SSSR count). The van der Waals surface area contributed by atoms with E-state index in [1.807, 2.05) is 24.3 Å². The number of benzene rings is 2. The lowest BCUT2D eigenvalue weighted by Crippen LogP contribution is -2.34. The minimum Gasteiger partial charge on any atom is -0.309 e. The highest BCUT2D eigenvalue weighted by Gasteiger charge is 2.25. The molecule has 0 amide bonds. The molecule has 1 aliphatic rings. The molecule has 1 aliphatic carbocycles. The first-order valence-corrected chi connectivity index (χ1v) is 11.5. The zero-order chi connectivity index (χ0) is 21.4. The Hall–Kier alpha value is -2.54. The highest BCUT2D eigenvalue weighted by Crippen LogP contribution is 2.34. The van der Waals surface area contributed by atoms with Gasteiger partial charge in [-0.1, -0.05) is 48.0 Å². The van der Waals surface area contributed by atoms with Crippen LogP contribution in [0.25, 0.3) is 10.2 Å². The molecular weight excluding hydrogens is 433 g/mol. The van der Waals surface area contributed by atoms with Crippen molar-refractivity contribution in [2.75, 3.05) is 0 Å². The van der Waals surface area contributed by atoms with E-state index in [9.17, 15) is 9.18 Å². The van der Waals surface area contributed by atoms with Crippen LogP contribution in [-0.2, 0) is 25.9 Å². The maximum Gasteiger partial charge on any atom is 0.262 e. The van der Waals surface area contributed by atoms with Gasteiger partial charge in [-0.05, 0) is 42.5 Å². The molecule has 4 nitrogen and oxygen atoms in total. The molecule has 7 heteroatoms. The molecule has 0 spiro atoms. The van der Waals surface area contributed by atoms with Gasteiger partial charge in [-0.2, -0.15) is 0 Å². The van der Waals surface area contributed by atoms with Gasteiger partial charge in [0.25, 0.3) is 5.56 Å². The number of thiophene rings is 1. The van der Waals surface area contributed by atoms with Crippen molar-refractivity contribution in [2.24, 2.45) is 0 Å². The molecule has 1 atom stereocenters. The van der Waals surface area contributed by atoms with Crippen molar-refractivity contribution in [1.82, 2.24) is 14.9 Å². The average Bonchev–Trinajstić information content (AvgIpc) is 3.15. The third-order valence-corrected chi connectivity index (χ3v) is 7.40. The maximum atomic E-state index is 14.0. The summed E-state index contributed by atoms with van der Waals surface area (Å²) >= 11 is 7.87. The fourth-order valence-corrected chi connectivity index (χ4v) is 5.65. The molecule has 1 unspecified atom stereocenters. The minimum absolute atomic E-state index is 0.0896. The SMILES string of the molecule is O=c1c2c3c(sc2ncn1Cc1ccccc1F)CC(NCc1ccccc1Cl)CC3. The molecular formula is C24H21ClFN3OS. The third-order valence-electron chi connectivity index (χ3n) is 5.87. The largest absolute Gasteiger partial charge is 0.309 e. The second-order valence-electron chi connectivity index (χ2n) is 7.87. The molecule has 0 saturated carbocycles. The van der Waals surface area contributed by atoms with Gasteiger partial charge in [-0.15, -0.1) is 11.3 Å². The molecule has 0 bridgehead atoms. The highest BCUT2D eigenvalue weighted by atomic mass is 35.5. The van der Waals surface area contributed by atoms with Gasteiger partial charge in [0, 0.05) is 28.0 Å². The second kappa shape index (κ2) is 8.54. The summed E-state index contributed by atoms with van der Waals surface area (Å²) in [6, 6.07) is 14.7. The lowest BCUT2D eigenvalue weighted by molar-refractivity contribution is 0.463. The van der Waals surface area contributed by atoms with E-state index in [1.54, 1.807) is 29.5 Å². The number of hydrogen-bond donors (Lipinski definition) is 1. The monoisotopic (exact) mass is 453 g/mol. The third kappa shape index (κ3) is 4.03. The lowest BCUT2D eigenvalue weighted by atomic mass is 9.93. The van der Waals surface area contributed by atoms with Crippen LogP contribution < -0.4 is 10.9 Å². The van der Waals surface area contributed by atoms with Gasteiger partial charge in [-0.3, -0.25) is 9.36 Å². The topological polar surface area (TPSA) is 46.9 Å². The molecule has 31 heavy (non-hydrogen) atoms. The van der Waals surface area contributed by atoms with Crippen LogP contribution in [0.4, 0.5) is 4.39 Å². The number of aryl methyl sites for hydroxylation is 1. The van der Waals surface area contributed by atoms with E-state index >= 15 is 0 Å². The zero-order valence-corrected chi connectivity index (χ0v) is 18.3. The predicted octanol–water partition coefficient (Wildman–Crippen LogP) is 4.95. The van der Waals surface area contributed by atoms with E-state index in [0.29, 0.717) is 17.0 Å². The Morgan fingerprint density at radius 3 is 2.74 bits per heavy atom. The number of aromatic nitrogens is 2. The first-order chi connectivity index (χ1) is 15.1. The van der Waals surface area contributed by atoms with Crippen molar-refractivity contribution in [2.45, 2.75) is 38.4 Å². The molecule has 2 heterocycles. The van der Waals surface area contributed by atoms with Crippen molar-refractivity contribution in [3.63, 3.8) is 0 Å². The van der Waals surface area contributed by atoms with Gasteiger partial charge in [-0.25, -0.2) is 9.37 Å². The van der Waals surface area contributed by atoms with Crippen LogP contribution in [0, 0.1) is 5.82 Å². The van der Waals surface area contributed by atoms with Crippen LogP contribution >= 0.6 is 22.9 Å². The molecule has 0 saturated heterocycles. The standard InChI is InChI=1S/C24H21ClFN3OS/c25-19-7-3-1-5-15(19)12-27-17-9-10-18-21(11-17)31-23-22(18)24(30)29(14-28-23)13-16-6-2-4-8-20(16)26/h1-8,14,17,27H,9-13H2. The lowest BCUT2D eigenvalue weighted by Gasteiger charge is -2.23. The van der Waals surface area contributed by atoms with E-state index in [2.05, 4.69) is 10.3 Å².